The molecule has 0 radical (unpaired) electrons. The normalized spacial score (nSPS) is 15.9. The van der Waals surface area contributed by atoms with Crippen LogP contribution in [0.4, 0.5) is 11.5 Å². The van der Waals surface area contributed by atoms with Crippen LogP contribution < -0.4 is 9.62 Å². The molecular formula is C17H18N4O2S. The van der Waals surface area contributed by atoms with Crippen LogP contribution in [0.15, 0.2) is 36.4 Å². The molecule has 124 valence electrons. The molecule has 1 saturated heterocycles. The first kappa shape index (κ1) is 16.3. The van der Waals surface area contributed by atoms with Crippen LogP contribution in [-0.2, 0) is 16.6 Å². The van der Waals surface area contributed by atoms with Crippen LogP contribution in [0.2, 0.25) is 0 Å². The molecule has 0 unspecified atom stereocenters. The lowest BCUT2D eigenvalue weighted by molar-refractivity contribution is 0.599. The summed E-state index contributed by atoms with van der Waals surface area (Å²) < 4.78 is 25.5. The van der Waals surface area contributed by atoms with Crippen LogP contribution in [0.1, 0.15) is 23.2 Å². The van der Waals surface area contributed by atoms with Crippen molar-refractivity contribution in [3.05, 3.63) is 53.2 Å². The zero-order valence-electron chi connectivity index (χ0n) is 13.4. The largest absolute Gasteiger partial charge is 0.365 e. The monoisotopic (exact) mass is 342 g/mol. The van der Waals surface area contributed by atoms with Gasteiger partial charge in [0.2, 0.25) is 10.0 Å². The summed E-state index contributed by atoms with van der Waals surface area (Å²) in [7, 11) is -3.18. The summed E-state index contributed by atoms with van der Waals surface area (Å²) >= 11 is 0. The molecule has 1 aromatic heterocycles. The Balaban J connectivity index is 1.79. The smallest absolute Gasteiger partial charge is 0.235 e. The summed E-state index contributed by atoms with van der Waals surface area (Å²) in [6.45, 7) is 2.86. The van der Waals surface area contributed by atoms with Crippen molar-refractivity contribution in [2.45, 2.75) is 19.9 Å². The van der Waals surface area contributed by atoms with Crippen molar-refractivity contribution >= 4 is 21.5 Å². The molecule has 0 spiro atoms. The van der Waals surface area contributed by atoms with Crippen molar-refractivity contribution in [1.82, 2.24) is 4.98 Å². The van der Waals surface area contributed by atoms with Gasteiger partial charge in [-0.1, -0.05) is 12.1 Å². The zero-order valence-corrected chi connectivity index (χ0v) is 14.2. The van der Waals surface area contributed by atoms with Crippen LogP contribution in [0, 0.1) is 18.3 Å². The molecule has 1 fully saturated rings. The molecule has 6 nitrogen and oxygen atoms in total. The quantitative estimate of drug-likeness (QED) is 0.922. The fourth-order valence-electron chi connectivity index (χ4n) is 2.72. The van der Waals surface area contributed by atoms with Crippen LogP contribution >= 0.6 is 0 Å². The number of nitrogens with one attached hydrogen (secondary N) is 1. The van der Waals surface area contributed by atoms with Gasteiger partial charge in [-0.25, -0.2) is 13.4 Å². The Morgan fingerprint density at radius 3 is 2.88 bits per heavy atom. The third-order valence-corrected chi connectivity index (χ3v) is 5.78. The molecule has 1 aliphatic rings. The molecule has 0 atom stereocenters. The Hall–Kier alpha value is -2.59. The van der Waals surface area contributed by atoms with Crippen molar-refractivity contribution in [3.8, 4) is 6.07 Å². The average molecular weight is 342 g/mol. The second-order valence-corrected chi connectivity index (χ2v) is 7.74. The molecule has 7 heteroatoms. The first-order valence-electron chi connectivity index (χ1n) is 7.70. The third kappa shape index (κ3) is 3.34. The molecule has 3 rings (SSSR count). The maximum absolute atomic E-state index is 12.0. The van der Waals surface area contributed by atoms with Crippen molar-refractivity contribution in [2.75, 3.05) is 21.9 Å². The molecular weight excluding hydrogens is 324 g/mol. The molecule has 0 aliphatic carbocycles. The lowest BCUT2D eigenvalue weighted by atomic mass is 10.2. The minimum absolute atomic E-state index is 0.203. The number of hydrogen-bond donors (Lipinski definition) is 1. The number of sulfonamides is 1. The van der Waals surface area contributed by atoms with E-state index in [9.17, 15) is 8.42 Å². The molecule has 0 saturated carbocycles. The van der Waals surface area contributed by atoms with Crippen molar-refractivity contribution in [1.29, 1.82) is 5.26 Å². The van der Waals surface area contributed by atoms with E-state index in [1.807, 2.05) is 25.1 Å². The minimum atomic E-state index is -3.18. The maximum Gasteiger partial charge on any atom is 0.235 e. The summed E-state index contributed by atoms with van der Waals surface area (Å²) in [4.78, 5) is 4.34. The first-order valence-corrected chi connectivity index (χ1v) is 9.31. The van der Waals surface area contributed by atoms with Crippen molar-refractivity contribution in [3.63, 3.8) is 0 Å². The Labute approximate surface area is 141 Å². The van der Waals surface area contributed by atoms with Gasteiger partial charge in [-0.15, -0.1) is 0 Å². The van der Waals surface area contributed by atoms with E-state index in [0.717, 1.165) is 11.3 Å². The van der Waals surface area contributed by atoms with Gasteiger partial charge in [0.05, 0.1) is 17.0 Å². The molecule has 1 aromatic carbocycles. The highest BCUT2D eigenvalue weighted by Gasteiger charge is 2.28. The highest BCUT2D eigenvalue weighted by molar-refractivity contribution is 7.93. The predicted molar refractivity (Wildman–Crippen MR) is 93.2 cm³/mol. The number of anilines is 2. The van der Waals surface area contributed by atoms with E-state index in [2.05, 4.69) is 16.4 Å². The zero-order chi connectivity index (χ0) is 17.2. The number of pyridine rings is 1. The van der Waals surface area contributed by atoms with Crippen molar-refractivity contribution < 1.29 is 8.42 Å². The van der Waals surface area contributed by atoms with E-state index >= 15 is 0 Å². The van der Waals surface area contributed by atoms with Crippen LogP contribution in [-0.4, -0.2) is 25.7 Å². The molecule has 0 bridgehead atoms. The number of nitriles is 1. The van der Waals surface area contributed by atoms with E-state index in [1.54, 1.807) is 18.2 Å². The number of nitrogens with zero attached hydrogens (tertiary/aromatic N) is 3. The van der Waals surface area contributed by atoms with Gasteiger partial charge >= 0.3 is 0 Å². The number of hydrogen-bond acceptors (Lipinski definition) is 5. The highest BCUT2D eigenvalue weighted by atomic mass is 32.2. The minimum Gasteiger partial charge on any atom is -0.365 e. The van der Waals surface area contributed by atoms with Gasteiger partial charge in [-0.2, -0.15) is 5.26 Å². The molecule has 1 N–H and O–H groups in total. The van der Waals surface area contributed by atoms with Gasteiger partial charge in [0.1, 0.15) is 11.9 Å². The fourth-order valence-corrected chi connectivity index (χ4v) is 4.27. The molecule has 1 aliphatic heterocycles. The second-order valence-electron chi connectivity index (χ2n) is 5.73. The lowest BCUT2D eigenvalue weighted by Crippen LogP contribution is -2.25. The SMILES string of the molecule is Cc1ccc(C#N)c(NCc2cccc(N3CCCS3(=O)=O)c2)n1. The molecule has 0 amide bonds. The topological polar surface area (TPSA) is 86.1 Å². The van der Waals surface area contributed by atoms with Crippen LogP contribution in [0.5, 0.6) is 0 Å². The lowest BCUT2D eigenvalue weighted by Gasteiger charge is -2.18. The maximum atomic E-state index is 12.0. The summed E-state index contributed by atoms with van der Waals surface area (Å²) in [6.07, 6.45) is 0.656. The van der Waals surface area contributed by atoms with E-state index in [0.29, 0.717) is 36.6 Å². The van der Waals surface area contributed by atoms with E-state index in [4.69, 9.17) is 5.26 Å². The number of aryl methyl sites for hydroxylation is 1. The Morgan fingerprint density at radius 2 is 2.17 bits per heavy atom. The van der Waals surface area contributed by atoms with Crippen LogP contribution in [0.25, 0.3) is 0 Å². The van der Waals surface area contributed by atoms with E-state index in [-0.39, 0.29) is 5.75 Å². The highest BCUT2D eigenvalue weighted by Crippen LogP contribution is 2.25. The van der Waals surface area contributed by atoms with Gasteiger partial charge in [0, 0.05) is 18.8 Å². The fraction of sp³-hybridized carbons (Fsp3) is 0.294. The van der Waals surface area contributed by atoms with Gasteiger partial charge in [-0.05, 0) is 43.2 Å². The summed E-state index contributed by atoms with van der Waals surface area (Å²) in [5.74, 6) is 0.741. The van der Waals surface area contributed by atoms with Crippen LogP contribution in [0.3, 0.4) is 0 Å². The molecule has 24 heavy (non-hydrogen) atoms. The number of benzene rings is 1. The van der Waals surface area contributed by atoms with Gasteiger partial charge < -0.3 is 5.32 Å². The molecule has 2 aromatic rings. The average Bonchev–Trinajstić information content (AvgIpc) is 2.92. The Bertz CT molecular complexity index is 903. The van der Waals surface area contributed by atoms with Gasteiger partial charge in [-0.3, -0.25) is 4.31 Å². The summed E-state index contributed by atoms with van der Waals surface area (Å²) in [6, 6.07) is 13.1. The second kappa shape index (κ2) is 6.49. The Morgan fingerprint density at radius 1 is 1.33 bits per heavy atom. The first-order chi connectivity index (χ1) is 11.5. The summed E-state index contributed by atoms with van der Waals surface area (Å²) in [5.41, 5.74) is 2.93. The third-order valence-electron chi connectivity index (χ3n) is 3.91. The standard InChI is InChI=1S/C17H18N4O2S/c1-13-6-7-15(11-18)17(20-13)19-12-14-4-2-5-16(10-14)21-8-3-9-24(21,22)23/h2,4-7,10H,3,8-9,12H2,1H3,(H,19,20). The van der Waals surface area contributed by atoms with E-state index in [1.165, 1.54) is 4.31 Å². The number of aromatic nitrogens is 1. The number of rotatable bonds is 4. The van der Waals surface area contributed by atoms with Gasteiger partial charge in [0.25, 0.3) is 0 Å². The van der Waals surface area contributed by atoms with Gasteiger partial charge in [0.15, 0.2) is 0 Å². The Kier molecular flexibility index (Phi) is 4.40. The van der Waals surface area contributed by atoms with Crippen molar-refractivity contribution in [2.24, 2.45) is 0 Å². The van der Waals surface area contributed by atoms with E-state index < -0.39 is 10.0 Å². The molecule has 2 heterocycles. The summed E-state index contributed by atoms with van der Waals surface area (Å²) in [5, 5.41) is 12.3. The predicted octanol–water partition coefficient (Wildman–Crippen LogP) is 2.41.